The van der Waals surface area contributed by atoms with Crippen LogP contribution in [-0.2, 0) is 0 Å². The third-order valence-corrected chi connectivity index (χ3v) is 4.35. The number of benzene rings is 1. The average molecular weight is 333 g/mol. The van der Waals surface area contributed by atoms with Crippen LogP contribution in [-0.4, -0.2) is 20.9 Å². The summed E-state index contributed by atoms with van der Waals surface area (Å²) in [5.41, 5.74) is 7.54. The highest BCUT2D eigenvalue weighted by molar-refractivity contribution is 5.78. The van der Waals surface area contributed by atoms with Gasteiger partial charge in [0.15, 0.2) is 0 Å². The molecule has 124 valence electrons. The molecule has 2 aromatic rings. The van der Waals surface area contributed by atoms with E-state index < -0.39 is 0 Å². The lowest BCUT2D eigenvalue weighted by molar-refractivity contribution is -0.384. The summed E-state index contributed by atoms with van der Waals surface area (Å²) in [4.78, 5) is 20.9. The Balaban J connectivity index is 1.69. The van der Waals surface area contributed by atoms with Gasteiger partial charge in [-0.2, -0.15) is 4.98 Å². The van der Waals surface area contributed by atoms with Crippen molar-refractivity contribution >= 4 is 23.0 Å². The van der Waals surface area contributed by atoms with Crippen molar-refractivity contribution in [2.45, 2.75) is 6.04 Å². The van der Waals surface area contributed by atoms with E-state index in [1.165, 1.54) is 6.07 Å². The molecule has 1 aliphatic heterocycles. The third kappa shape index (κ3) is 2.76. The van der Waals surface area contributed by atoms with Crippen molar-refractivity contribution < 1.29 is 4.92 Å². The first-order valence-corrected chi connectivity index (χ1v) is 7.82. The highest BCUT2D eigenvalue weighted by Gasteiger charge is 2.30. The monoisotopic (exact) mass is 333 g/mol. The minimum atomic E-state index is -0.382. The molecule has 2 atom stereocenters. The van der Waals surface area contributed by atoms with E-state index in [-0.39, 0.29) is 28.5 Å². The van der Waals surface area contributed by atoms with Crippen LogP contribution in [0.1, 0.15) is 5.56 Å². The molecule has 2 unspecified atom stereocenters. The average Bonchev–Trinajstić information content (AvgIpc) is 3.05. The van der Waals surface area contributed by atoms with Crippen molar-refractivity contribution in [1.82, 2.24) is 9.97 Å². The highest BCUT2D eigenvalue weighted by atomic mass is 16.6. The number of aromatic nitrogens is 2. The summed E-state index contributed by atoms with van der Waals surface area (Å²) in [6.07, 6.45) is 11.9. The number of non-ortho nitro benzene ring substituents is 1. The molecular weight excluding hydrogens is 318 g/mol. The van der Waals surface area contributed by atoms with Gasteiger partial charge in [0.25, 0.3) is 5.69 Å². The summed E-state index contributed by atoms with van der Waals surface area (Å²) in [6.45, 7) is 0. The molecule has 1 aromatic heterocycles. The Morgan fingerprint density at radius 1 is 1.24 bits per heavy atom. The standard InChI is InChI=1S/C18H15N5O2/c19-18-20-8-6-17(21-18)22-9-7-12-4-5-14(11-16(12)22)13-2-1-3-15(10-13)23(24)25/h1-12,16H,(H2,19,20,21). The number of nitrogens with two attached hydrogens (primary N) is 1. The molecule has 4 rings (SSSR count). The molecule has 0 saturated heterocycles. The number of nitrogens with zero attached hydrogens (tertiary/aromatic N) is 4. The Morgan fingerprint density at radius 2 is 2.12 bits per heavy atom. The number of fused-ring (bicyclic) bond motifs is 1. The second-order valence-electron chi connectivity index (χ2n) is 5.88. The second-order valence-corrected chi connectivity index (χ2v) is 5.88. The Labute approximate surface area is 144 Å². The Hall–Kier alpha value is -3.48. The summed E-state index contributed by atoms with van der Waals surface area (Å²) in [7, 11) is 0. The summed E-state index contributed by atoms with van der Waals surface area (Å²) >= 11 is 0. The number of rotatable bonds is 3. The Morgan fingerprint density at radius 3 is 2.92 bits per heavy atom. The molecule has 1 aliphatic carbocycles. The van der Waals surface area contributed by atoms with Crippen LogP contribution in [0, 0.1) is 16.0 Å². The van der Waals surface area contributed by atoms with Gasteiger partial charge in [0.2, 0.25) is 5.95 Å². The molecule has 7 nitrogen and oxygen atoms in total. The smallest absolute Gasteiger partial charge is 0.270 e. The summed E-state index contributed by atoms with van der Waals surface area (Å²) < 4.78 is 0. The minimum Gasteiger partial charge on any atom is -0.368 e. The van der Waals surface area contributed by atoms with Crippen molar-refractivity contribution in [3.63, 3.8) is 0 Å². The van der Waals surface area contributed by atoms with Gasteiger partial charge in [-0.25, -0.2) is 4.98 Å². The molecule has 0 amide bonds. The van der Waals surface area contributed by atoms with Gasteiger partial charge >= 0.3 is 0 Å². The van der Waals surface area contributed by atoms with E-state index in [1.54, 1.807) is 18.3 Å². The largest absolute Gasteiger partial charge is 0.368 e. The molecule has 0 saturated carbocycles. The third-order valence-electron chi connectivity index (χ3n) is 4.35. The number of nitro benzene ring substituents is 1. The fourth-order valence-electron chi connectivity index (χ4n) is 3.14. The van der Waals surface area contributed by atoms with Gasteiger partial charge in [-0.15, -0.1) is 0 Å². The van der Waals surface area contributed by atoms with Gasteiger partial charge in [0.1, 0.15) is 5.82 Å². The maximum atomic E-state index is 11.0. The lowest BCUT2D eigenvalue weighted by atomic mass is 9.90. The van der Waals surface area contributed by atoms with Crippen LogP contribution in [0.5, 0.6) is 0 Å². The maximum absolute atomic E-state index is 11.0. The molecule has 0 spiro atoms. The van der Waals surface area contributed by atoms with Gasteiger partial charge in [0, 0.05) is 30.4 Å². The van der Waals surface area contributed by atoms with E-state index in [1.807, 2.05) is 29.3 Å². The zero-order chi connectivity index (χ0) is 17.4. The SMILES string of the molecule is Nc1nccc(N2C=CC3C=CC(c4cccc([N+](=O)[O-])c4)=CC32)n1. The number of anilines is 2. The zero-order valence-corrected chi connectivity index (χ0v) is 13.2. The summed E-state index contributed by atoms with van der Waals surface area (Å²) in [6, 6.07) is 8.51. The summed E-state index contributed by atoms with van der Waals surface area (Å²) in [5.74, 6) is 1.17. The van der Waals surface area contributed by atoms with Gasteiger partial charge in [-0.3, -0.25) is 10.1 Å². The number of hydrogen-bond donors (Lipinski definition) is 1. The van der Waals surface area contributed by atoms with Gasteiger partial charge in [-0.1, -0.05) is 36.4 Å². The molecule has 25 heavy (non-hydrogen) atoms. The molecule has 1 aromatic carbocycles. The molecule has 7 heteroatoms. The number of allylic oxidation sites excluding steroid dienone is 2. The van der Waals surface area contributed by atoms with Crippen molar-refractivity contribution in [1.29, 1.82) is 0 Å². The predicted octanol–water partition coefficient (Wildman–Crippen LogP) is 2.94. The van der Waals surface area contributed by atoms with E-state index in [9.17, 15) is 10.1 Å². The lowest BCUT2D eigenvalue weighted by Gasteiger charge is -2.28. The van der Waals surface area contributed by atoms with Crippen molar-refractivity contribution in [3.05, 3.63) is 82.7 Å². The fourth-order valence-corrected chi connectivity index (χ4v) is 3.14. The van der Waals surface area contributed by atoms with Crippen LogP contribution in [0.15, 0.2) is 67.0 Å². The van der Waals surface area contributed by atoms with Crippen molar-refractivity contribution in [2.75, 3.05) is 10.6 Å². The van der Waals surface area contributed by atoms with Crippen LogP contribution in [0.4, 0.5) is 17.5 Å². The van der Waals surface area contributed by atoms with Crippen LogP contribution in [0.2, 0.25) is 0 Å². The molecule has 0 radical (unpaired) electrons. The van der Waals surface area contributed by atoms with E-state index in [2.05, 4.69) is 28.2 Å². The first-order valence-electron chi connectivity index (χ1n) is 7.82. The normalized spacial score (nSPS) is 21.1. The number of hydrogen-bond acceptors (Lipinski definition) is 6. The molecule has 0 bridgehead atoms. The summed E-state index contributed by atoms with van der Waals surface area (Å²) in [5, 5.41) is 11.0. The molecule has 0 fully saturated rings. The van der Waals surface area contributed by atoms with Crippen LogP contribution in [0.25, 0.3) is 5.57 Å². The predicted molar refractivity (Wildman–Crippen MR) is 95.6 cm³/mol. The van der Waals surface area contributed by atoms with Crippen LogP contribution >= 0.6 is 0 Å². The minimum absolute atomic E-state index is 0.0496. The van der Waals surface area contributed by atoms with Crippen LogP contribution < -0.4 is 10.6 Å². The molecule has 2 aliphatic rings. The lowest BCUT2D eigenvalue weighted by Crippen LogP contribution is -2.31. The van der Waals surface area contributed by atoms with Crippen molar-refractivity contribution in [3.8, 4) is 0 Å². The maximum Gasteiger partial charge on any atom is 0.270 e. The Bertz CT molecular complexity index is 935. The van der Waals surface area contributed by atoms with E-state index in [0.29, 0.717) is 0 Å². The topological polar surface area (TPSA) is 98.2 Å². The van der Waals surface area contributed by atoms with Crippen molar-refractivity contribution in [2.24, 2.45) is 5.92 Å². The second kappa shape index (κ2) is 5.86. The van der Waals surface area contributed by atoms with Crippen LogP contribution in [0.3, 0.4) is 0 Å². The van der Waals surface area contributed by atoms with Gasteiger partial charge < -0.3 is 10.6 Å². The van der Waals surface area contributed by atoms with E-state index in [0.717, 1.165) is 17.0 Å². The number of nitro groups is 1. The Kier molecular flexibility index (Phi) is 3.53. The quantitative estimate of drug-likeness (QED) is 0.685. The highest BCUT2D eigenvalue weighted by Crippen LogP contribution is 2.35. The molecular formula is C18H15N5O2. The first kappa shape index (κ1) is 15.1. The molecule has 2 N–H and O–H groups in total. The van der Waals surface area contributed by atoms with Gasteiger partial charge in [-0.05, 0) is 17.2 Å². The van der Waals surface area contributed by atoms with E-state index in [4.69, 9.17) is 5.73 Å². The van der Waals surface area contributed by atoms with E-state index >= 15 is 0 Å². The first-order chi connectivity index (χ1) is 12.1. The number of nitrogen functional groups attached to an aromatic ring is 1. The fraction of sp³-hybridized carbons (Fsp3) is 0.111. The van der Waals surface area contributed by atoms with Gasteiger partial charge in [0.05, 0.1) is 11.0 Å². The molecule has 2 heterocycles. The zero-order valence-electron chi connectivity index (χ0n) is 13.2.